The summed E-state index contributed by atoms with van der Waals surface area (Å²) >= 11 is 0. The molecule has 2 rings (SSSR count). The Labute approximate surface area is 180 Å². The molecule has 0 fully saturated rings. The van der Waals surface area contributed by atoms with Gasteiger partial charge in [-0.3, -0.25) is 9.79 Å². The molecule has 6 nitrogen and oxygen atoms in total. The summed E-state index contributed by atoms with van der Waals surface area (Å²) in [6.45, 7) is 5.71. The van der Waals surface area contributed by atoms with E-state index >= 15 is 0 Å². The van der Waals surface area contributed by atoms with E-state index in [1.807, 2.05) is 26.0 Å². The minimum Gasteiger partial charge on any atom is -0.405 e. The molecule has 0 bridgehead atoms. The van der Waals surface area contributed by atoms with E-state index in [1.54, 1.807) is 36.2 Å². The number of guanidine groups is 1. The molecule has 2 aromatic rings. The molecule has 0 aromatic heterocycles. The SMILES string of the molecule is CCN(CC)C(=O)c1ccc(CNC(=NC)NCc2ccccc2OC(F)(F)F)cc1. The Balaban J connectivity index is 1.93. The third-order valence-corrected chi connectivity index (χ3v) is 4.58. The maximum absolute atomic E-state index is 12.6. The lowest BCUT2D eigenvalue weighted by molar-refractivity contribution is -0.274. The van der Waals surface area contributed by atoms with Crippen LogP contribution in [0.2, 0.25) is 0 Å². The lowest BCUT2D eigenvalue weighted by atomic mass is 10.1. The molecule has 0 heterocycles. The van der Waals surface area contributed by atoms with Crippen molar-refractivity contribution in [3.05, 3.63) is 65.2 Å². The number of amides is 1. The van der Waals surface area contributed by atoms with Crippen LogP contribution in [0.5, 0.6) is 5.75 Å². The van der Waals surface area contributed by atoms with Crippen molar-refractivity contribution < 1.29 is 22.7 Å². The van der Waals surface area contributed by atoms with Crippen molar-refractivity contribution in [1.82, 2.24) is 15.5 Å². The Kier molecular flexibility index (Phi) is 8.72. The number of carbonyl (C=O) groups excluding carboxylic acids is 1. The second-order valence-electron chi connectivity index (χ2n) is 6.61. The van der Waals surface area contributed by atoms with Crippen LogP contribution in [0.25, 0.3) is 0 Å². The normalized spacial score (nSPS) is 11.7. The number of aliphatic imine (C=N–C) groups is 1. The summed E-state index contributed by atoms with van der Waals surface area (Å²) in [6, 6.07) is 13.2. The molecule has 0 aliphatic heterocycles. The highest BCUT2D eigenvalue weighted by Gasteiger charge is 2.31. The predicted octanol–water partition coefficient (Wildman–Crippen LogP) is 3.93. The van der Waals surface area contributed by atoms with Crippen molar-refractivity contribution in [2.45, 2.75) is 33.3 Å². The minimum absolute atomic E-state index is 0.0123. The van der Waals surface area contributed by atoms with Crippen LogP contribution in [0.1, 0.15) is 35.3 Å². The van der Waals surface area contributed by atoms with Gasteiger partial charge in [-0.25, -0.2) is 0 Å². The van der Waals surface area contributed by atoms with Crippen LogP contribution in [0.3, 0.4) is 0 Å². The van der Waals surface area contributed by atoms with Gasteiger partial charge >= 0.3 is 6.36 Å². The van der Waals surface area contributed by atoms with E-state index in [4.69, 9.17) is 0 Å². The maximum atomic E-state index is 12.6. The third-order valence-electron chi connectivity index (χ3n) is 4.58. The van der Waals surface area contributed by atoms with Crippen molar-refractivity contribution >= 4 is 11.9 Å². The van der Waals surface area contributed by atoms with Gasteiger partial charge in [0, 0.05) is 44.4 Å². The first-order valence-electron chi connectivity index (χ1n) is 9.93. The second-order valence-corrected chi connectivity index (χ2v) is 6.61. The average Bonchev–Trinajstić information content (AvgIpc) is 2.75. The van der Waals surface area contributed by atoms with Crippen molar-refractivity contribution in [2.75, 3.05) is 20.1 Å². The molecule has 0 aliphatic carbocycles. The minimum atomic E-state index is -4.76. The number of hydrogen-bond acceptors (Lipinski definition) is 3. The molecule has 0 radical (unpaired) electrons. The first kappa shape index (κ1) is 24.0. The smallest absolute Gasteiger partial charge is 0.405 e. The quantitative estimate of drug-likeness (QED) is 0.486. The van der Waals surface area contributed by atoms with Crippen LogP contribution >= 0.6 is 0 Å². The Morgan fingerprint density at radius 3 is 2.19 bits per heavy atom. The third kappa shape index (κ3) is 7.51. The molecule has 0 saturated carbocycles. The number of hydrogen-bond donors (Lipinski definition) is 2. The summed E-state index contributed by atoms with van der Waals surface area (Å²) in [4.78, 5) is 18.2. The molecule has 2 aromatic carbocycles. The topological polar surface area (TPSA) is 66.0 Å². The van der Waals surface area contributed by atoms with Gasteiger partial charge in [0.1, 0.15) is 5.75 Å². The summed E-state index contributed by atoms with van der Waals surface area (Å²) < 4.78 is 41.7. The highest BCUT2D eigenvalue weighted by molar-refractivity contribution is 5.94. The van der Waals surface area contributed by atoms with E-state index in [-0.39, 0.29) is 18.2 Å². The van der Waals surface area contributed by atoms with Crippen LogP contribution in [0, 0.1) is 0 Å². The average molecular weight is 436 g/mol. The van der Waals surface area contributed by atoms with Crippen LogP contribution < -0.4 is 15.4 Å². The molecule has 0 aliphatic rings. The summed E-state index contributed by atoms with van der Waals surface area (Å²) in [7, 11) is 1.57. The molecular weight excluding hydrogens is 409 g/mol. The molecular formula is C22H27F3N4O2. The predicted molar refractivity (Wildman–Crippen MR) is 114 cm³/mol. The number of para-hydroxylation sites is 1. The first-order valence-corrected chi connectivity index (χ1v) is 9.93. The number of nitrogens with zero attached hydrogens (tertiary/aromatic N) is 2. The van der Waals surface area contributed by atoms with Crippen molar-refractivity contribution in [3.63, 3.8) is 0 Å². The van der Waals surface area contributed by atoms with E-state index in [0.717, 1.165) is 5.56 Å². The molecule has 0 atom stereocenters. The van der Waals surface area contributed by atoms with Gasteiger partial charge in [0.15, 0.2) is 5.96 Å². The largest absolute Gasteiger partial charge is 0.573 e. The van der Waals surface area contributed by atoms with E-state index in [2.05, 4.69) is 20.4 Å². The maximum Gasteiger partial charge on any atom is 0.573 e. The number of carbonyl (C=O) groups is 1. The number of alkyl halides is 3. The van der Waals surface area contributed by atoms with Crippen molar-refractivity contribution in [1.29, 1.82) is 0 Å². The Hall–Kier alpha value is -3.23. The van der Waals surface area contributed by atoms with Gasteiger partial charge in [0.25, 0.3) is 5.91 Å². The fraction of sp³-hybridized carbons (Fsp3) is 0.364. The lowest BCUT2D eigenvalue weighted by Gasteiger charge is -2.18. The van der Waals surface area contributed by atoms with Crippen LogP contribution in [-0.2, 0) is 13.1 Å². The lowest BCUT2D eigenvalue weighted by Crippen LogP contribution is -2.36. The van der Waals surface area contributed by atoms with E-state index in [9.17, 15) is 18.0 Å². The zero-order valence-electron chi connectivity index (χ0n) is 17.8. The van der Waals surface area contributed by atoms with Gasteiger partial charge in [-0.05, 0) is 37.6 Å². The highest BCUT2D eigenvalue weighted by atomic mass is 19.4. The standard InChI is InChI=1S/C22H27F3N4O2/c1-4-29(5-2)20(30)17-12-10-16(11-13-17)14-27-21(26-3)28-15-18-8-6-7-9-19(18)31-22(23,24)25/h6-13H,4-5,14-15H2,1-3H3,(H2,26,27,28). The molecule has 31 heavy (non-hydrogen) atoms. The molecule has 168 valence electrons. The van der Waals surface area contributed by atoms with E-state index in [1.165, 1.54) is 12.1 Å². The van der Waals surface area contributed by atoms with E-state index < -0.39 is 6.36 Å². The number of nitrogens with one attached hydrogen (secondary N) is 2. The van der Waals surface area contributed by atoms with Gasteiger partial charge in [0.2, 0.25) is 0 Å². The molecule has 0 saturated heterocycles. The number of halogens is 3. The Morgan fingerprint density at radius 1 is 1.00 bits per heavy atom. The van der Waals surface area contributed by atoms with Crippen LogP contribution in [0.15, 0.2) is 53.5 Å². The fourth-order valence-electron chi connectivity index (χ4n) is 2.92. The monoisotopic (exact) mass is 436 g/mol. The van der Waals surface area contributed by atoms with Crippen molar-refractivity contribution in [3.8, 4) is 5.75 Å². The van der Waals surface area contributed by atoms with Crippen LogP contribution in [-0.4, -0.2) is 43.3 Å². The molecule has 0 spiro atoms. The fourth-order valence-corrected chi connectivity index (χ4v) is 2.92. The Morgan fingerprint density at radius 2 is 1.61 bits per heavy atom. The zero-order valence-corrected chi connectivity index (χ0v) is 17.8. The Bertz CT molecular complexity index is 879. The summed E-state index contributed by atoms with van der Waals surface area (Å²) in [5.74, 6) is 0.151. The van der Waals surface area contributed by atoms with Gasteiger partial charge in [0.05, 0.1) is 0 Å². The number of ether oxygens (including phenoxy) is 1. The van der Waals surface area contributed by atoms with E-state index in [0.29, 0.717) is 36.7 Å². The molecule has 1 amide bonds. The second kappa shape index (κ2) is 11.2. The van der Waals surface area contributed by atoms with Crippen LogP contribution in [0.4, 0.5) is 13.2 Å². The number of rotatable bonds is 8. The summed E-state index contributed by atoms with van der Waals surface area (Å²) in [5.41, 5.74) is 1.90. The van der Waals surface area contributed by atoms with Gasteiger partial charge in [-0.1, -0.05) is 30.3 Å². The molecule has 2 N–H and O–H groups in total. The van der Waals surface area contributed by atoms with Gasteiger partial charge < -0.3 is 20.3 Å². The first-order chi connectivity index (χ1) is 14.8. The molecule has 9 heteroatoms. The summed E-state index contributed by atoms with van der Waals surface area (Å²) in [5, 5.41) is 6.07. The zero-order chi connectivity index (χ0) is 22.9. The summed E-state index contributed by atoms with van der Waals surface area (Å²) in [6.07, 6.45) is -4.76. The highest BCUT2D eigenvalue weighted by Crippen LogP contribution is 2.26. The number of benzene rings is 2. The van der Waals surface area contributed by atoms with Crippen molar-refractivity contribution in [2.24, 2.45) is 4.99 Å². The van der Waals surface area contributed by atoms with Gasteiger partial charge in [-0.15, -0.1) is 13.2 Å². The molecule has 0 unspecified atom stereocenters. The van der Waals surface area contributed by atoms with Gasteiger partial charge in [-0.2, -0.15) is 0 Å².